The van der Waals surface area contributed by atoms with Crippen LogP contribution in [0, 0.1) is 5.92 Å². The van der Waals surface area contributed by atoms with Crippen molar-refractivity contribution in [1.82, 2.24) is 15.1 Å². The van der Waals surface area contributed by atoms with Crippen LogP contribution in [0.15, 0.2) is 36.5 Å². The number of anilines is 1. The van der Waals surface area contributed by atoms with Crippen LogP contribution in [-0.2, 0) is 17.8 Å². The largest absolute Gasteiger partial charge is 0.381 e. The van der Waals surface area contributed by atoms with Crippen molar-refractivity contribution in [1.29, 1.82) is 0 Å². The lowest BCUT2D eigenvalue weighted by Crippen LogP contribution is -2.29. The highest BCUT2D eigenvalue weighted by atomic mass is 16.5. The first-order valence-electron chi connectivity index (χ1n) is 9.01. The Labute approximate surface area is 147 Å². The number of carbonyl (C=O) groups excluding carboxylic acids is 1. The number of urea groups is 1. The Bertz CT molecular complexity index is 715. The van der Waals surface area contributed by atoms with E-state index in [1.807, 2.05) is 10.7 Å². The number of hydrogen-bond donors (Lipinski definition) is 2. The van der Waals surface area contributed by atoms with Crippen LogP contribution in [0.3, 0.4) is 0 Å². The molecule has 1 aromatic heterocycles. The highest BCUT2D eigenvalue weighted by Crippen LogP contribution is 2.39. The van der Waals surface area contributed by atoms with E-state index in [0.717, 1.165) is 37.7 Å². The number of amides is 2. The molecule has 132 valence electrons. The Morgan fingerprint density at radius 3 is 2.76 bits per heavy atom. The molecule has 25 heavy (non-hydrogen) atoms. The standard InChI is InChI=1S/C19H24N4O2/c24-19(20-11-14-1-3-16(4-2-14)17-5-6-17)22-18-7-9-21-23(18)12-15-8-10-25-13-15/h1-4,7,9,15,17H,5-6,8,10-13H2,(H2,20,22,24)/t15-/m1/s1. The first-order chi connectivity index (χ1) is 12.3. The van der Waals surface area contributed by atoms with Gasteiger partial charge in [-0.15, -0.1) is 0 Å². The fourth-order valence-electron chi connectivity index (χ4n) is 3.22. The molecule has 2 aromatic rings. The van der Waals surface area contributed by atoms with E-state index in [9.17, 15) is 4.79 Å². The summed E-state index contributed by atoms with van der Waals surface area (Å²) in [5, 5.41) is 10.1. The highest BCUT2D eigenvalue weighted by molar-refractivity contribution is 5.88. The number of benzene rings is 1. The van der Waals surface area contributed by atoms with Gasteiger partial charge in [0.15, 0.2) is 0 Å². The Kier molecular flexibility index (Phi) is 4.70. The number of ether oxygens (including phenoxy) is 1. The summed E-state index contributed by atoms with van der Waals surface area (Å²) < 4.78 is 7.24. The highest BCUT2D eigenvalue weighted by Gasteiger charge is 2.23. The van der Waals surface area contributed by atoms with Crippen LogP contribution in [-0.4, -0.2) is 29.0 Å². The second kappa shape index (κ2) is 7.27. The van der Waals surface area contributed by atoms with E-state index < -0.39 is 0 Å². The normalized spacial score (nSPS) is 19.8. The molecule has 0 bridgehead atoms. The molecule has 1 aromatic carbocycles. The average Bonchev–Trinajstić information content (AvgIpc) is 3.19. The molecule has 1 atom stereocenters. The summed E-state index contributed by atoms with van der Waals surface area (Å²) in [4.78, 5) is 12.2. The molecule has 4 rings (SSSR count). The van der Waals surface area contributed by atoms with Gasteiger partial charge in [0, 0.05) is 31.7 Å². The second-order valence-corrected chi connectivity index (χ2v) is 6.95. The minimum atomic E-state index is -0.212. The molecule has 6 nitrogen and oxygen atoms in total. The van der Waals surface area contributed by atoms with Crippen molar-refractivity contribution >= 4 is 11.8 Å². The quantitative estimate of drug-likeness (QED) is 0.849. The molecule has 0 unspecified atom stereocenters. The summed E-state index contributed by atoms with van der Waals surface area (Å²) in [6.45, 7) is 2.86. The molecule has 2 heterocycles. The van der Waals surface area contributed by atoms with Crippen molar-refractivity contribution in [2.24, 2.45) is 5.92 Å². The minimum Gasteiger partial charge on any atom is -0.381 e. The van der Waals surface area contributed by atoms with Crippen LogP contribution in [0.2, 0.25) is 0 Å². The molecule has 2 fully saturated rings. The minimum absolute atomic E-state index is 0.212. The molecule has 6 heteroatoms. The van der Waals surface area contributed by atoms with Crippen molar-refractivity contribution < 1.29 is 9.53 Å². The van der Waals surface area contributed by atoms with Crippen molar-refractivity contribution in [2.45, 2.75) is 38.3 Å². The first-order valence-corrected chi connectivity index (χ1v) is 9.01. The topological polar surface area (TPSA) is 68.2 Å². The van der Waals surface area contributed by atoms with Gasteiger partial charge in [0.1, 0.15) is 5.82 Å². The predicted molar refractivity (Wildman–Crippen MR) is 95.4 cm³/mol. The third-order valence-corrected chi connectivity index (χ3v) is 4.89. The SMILES string of the molecule is O=C(NCc1ccc(C2CC2)cc1)Nc1ccnn1C[C@H]1CCOC1. The summed E-state index contributed by atoms with van der Waals surface area (Å²) in [6, 6.07) is 10.1. The van der Waals surface area contributed by atoms with Crippen molar-refractivity contribution in [3.05, 3.63) is 47.7 Å². The van der Waals surface area contributed by atoms with Gasteiger partial charge in [0.05, 0.1) is 12.8 Å². The van der Waals surface area contributed by atoms with Gasteiger partial charge in [-0.25, -0.2) is 9.48 Å². The number of nitrogens with zero attached hydrogens (tertiary/aromatic N) is 2. The molecule has 1 saturated heterocycles. The number of carbonyl (C=O) groups is 1. The Hall–Kier alpha value is -2.34. The van der Waals surface area contributed by atoms with E-state index >= 15 is 0 Å². The van der Waals surface area contributed by atoms with Crippen LogP contribution in [0.25, 0.3) is 0 Å². The number of nitrogens with one attached hydrogen (secondary N) is 2. The van der Waals surface area contributed by atoms with Crippen LogP contribution in [0.1, 0.15) is 36.3 Å². The zero-order valence-corrected chi connectivity index (χ0v) is 14.3. The van der Waals surface area contributed by atoms with Gasteiger partial charge in [-0.1, -0.05) is 24.3 Å². The van der Waals surface area contributed by atoms with E-state index in [1.165, 1.54) is 18.4 Å². The molecule has 0 radical (unpaired) electrons. The lowest BCUT2D eigenvalue weighted by atomic mass is 10.1. The molecule has 2 aliphatic rings. The third-order valence-electron chi connectivity index (χ3n) is 4.89. The molecule has 1 aliphatic carbocycles. The van der Waals surface area contributed by atoms with Gasteiger partial charge in [-0.2, -0.15) is 5.10 Å². The lowest BCUT2D eigenvalue weighted by Gasteiger charge is -2.13. The number of hydrogen-bond acceptors (Lipinski definition) is 3. The Morgan fingerprint density at radius 2 is 2.04 bits per heavy atom. The first kappa shape index (κ1) is 16.1. The van der Waals surface area contributed by atoms with Crippen LogP contribution >= 0.6 is 0 Å². The van der Waals surface area contributed by atoms with E-state index in [-0.39, 0.29) is 6.03 Å². The number of aromatic nitrogens is 2. The van der Waals surface area contributed by atoms with Crippen molar-refractivity contribution in [3.63, 3.8) is 0 Å². The predicted octanol–water partition coefficient (Wildman–Crippen LogP) is 3.12. The lowest BCUT2D eigenvalue weighted by molar-refractivity contribution is 0.181. The summed E-state index contributed by atoms with van der Waals surface area (Å²) in [5.74, 6) is 1.94. The van der Waals surface area contributed by atoms with Crippen LogP contribution in [0.5, 0.6) is 0 Å². The van der Waals surface area contributed by atoms with Gasteiger partial charge in [0.2, 0.25) is 0 Å². The summed E-state index contributed by atoms with van der Waals surface area (Å²) in [5.41, 5.74) is 2.52. The zero-order chi connectivity index (χ0) is 17.1. The van der Waals surface area contributed by atoms with E-state index in [4.69, 9.17) is 4.74 Å². The van der Waals surface area contributed by atoms with Gasteiger partial charge in [-0.05, 0) is 36.3 Å². The average molecular weight is 340 g/mol. The second-order valence-electron chi connectivity index (χ2n) is 6.95. The molecule has 1 aliphatic heterocycles. The van der Waals surface area contributed by atoms with Gasteiger partial charge < -0.3 is 10.1 Å². The van der Waals surface area contributed by atoms with E-state index in [0.29, 0.717) is 18.3 Å². The fourth-order valence-corrected chi connectivity index (χ4v) is 3.22. The van der Waals surface area contributed by atoms with Gasteiger partial charge >= 0.3 is 6.03 Å². The maximum atomic E-state index is 12.2. The molecule has 1 saturated carbocycles. The molecular weight excluding hydrogens is 316 g/mol. The van der Waals surface area contributed by atoms with Gasteiger partial charge in [-0.3, -0.25) is 5.32 Å². The smallest absolute Gasteiger partial charge is 0.320 e. The number of rotatable bonds is 6. The summed E-state index contributed by atoms with van der Waals surface area (Å²) in [6.07, 6.45) is 5.37. The molecule has 0 spiro atoms. The maximum absolute atomic E-state index is 12.2. The zero-order valence-electron chi connectivity index (χ0n) is 14.3. The van der Waals surface area contributed by atoms with Crippen molar-refractivity contribution in [3.8, 4) is 0 Å². The van der Waals surface area contributed by atoms with Crippen LogP contribution in [0.4, 0.5) is 10.6 Å². The summed E-state index contributed by atoms with van der Waals surface area (Å²) in [7, 11) is 0. The Balaban J connectivity index is 1.27. The monoisotopic (exact) mass is 340 g/mol. The van der Waals surface area contributed by atoms with E-state index in [2.05, 4.69) is 40.0 Å². The Morgan fingerprint density at radius 1 is 1.20 bits per heavy atom. The summed E-state index contributed by atoms with van der Waals surface area (Å²) >= 11 is 0. The van der Waals surface area contributed by atoms with Crippen molar-refractivity contribution in [2.75, 3.05) is 18.5 Å². The molecule has 2 N–H and O–H groups in total. The molecule has 2 amide bonds. The van der Waals surface area contributed by atoms with E-state index in [1.54, 1.807) is 6.20 Å². The van der Waals surface area contributed by atoms with Gasteiger partial charge in [0.25, 0.3) is 0 Å². The molecular formula is C19H24N4O2. The van der Waals surface area contributed by atoms with Crippen LogP contribution < -0.4 is 10.6 Å². The fraction of sp³-hybridized carbons (Fsp3) is 0.474. The third kappa shape index (κ3) is 4.20. The maximum Gasteiger partial charge on any atom is 0.320 e.